The molecule has 0 amide bonds. The third-order valence-electron chi connectivity index (χ3n) is 6.72. The number of anilines is 1. The quantitative estimate of drug-likeness (QED) is 0.337. The highest BCUT2D eigenvalue weighted by molar-refractivity contribution is 14.0. The maximum Gasteiger partial charge on any atom is 0.191 e. The average molecular weight is 568 g/mol. The van der Waals surface area contributed by atoms with E-state index in [9.17, 15) is 4.39 Å². The van der Waals surface area contributed by atoms with Crippen molar-refractivity contribution in [1.29, 1.82) is 0 Å². The van der Waals surface area contributed by atoms with Crippen molar-refractivity contribution < 1.29 is 13.9 Å². The van der Waals surface area contributed by atoms with Crippen molar-refractivity contribution >= 4 is 35.6 Å². The van der Waals surface area contributed by atoms with Gasteiger partial charge in [0.2, 0.25) is 0 Å². The highest BCUT2D eigenvalue weighted by atomic mass is 127. The number of aryl methyl sites for hydroxylation is 1. The Morgan fingerprint density at radius 2 is 1.76 bits per heavy atom. The summed E-state index contributed by atoms with van der Waals surface area (Å²) >= 11 is 0. The van der Waals surface area contributed by atoms with E-state index in [1.165, 1.54) is 23.3 Å². The molecule has 2 heterocycles. The predicted octanol–water partition coefficient (Wildman–Crippen LogP) is 3.95. The van der Waals surface area contributed by atoms with Gasteiger partial charge in [-0.25, -0.2) is 4.39 Å². The van der Waals surface area contributed by atoms with Crippen molar-refractivity contribution in [1.82, 2.24) is 4.90 Å². The van der Waals surface area contributed by atoms with E-state index in [1.54, 1.807) is 7.11 Å². The van der Waals surface area contributed by atoms with Gasteiger partial charge in [0.1, 0.15) is 11.6 Å². The van der Waals surface area contributed by atoms with Gasteiger partial charge >= 0.3 is 0 Å². The molecule has 180 valence electrons. The van der Waals surface area contributed by atoms with E-state index in [0.29, 0.717) is 25.7 Å². The fourth-order valence-corrected chi connectivity index (χ4v) is 4.69. The minimum absolute atomic E-state index is 0. The molecular weight excluding hydrogens is 534 g/mol. The largest absolute Gasteiger partial charge is 0.496 e. The molecule has 0 spiro atoms. The number of guanidine groups is 1. The predicted molar refractivity (Wildman–Crippen MR) is 142 cm³/mol. The molecule has 6 nitrogen and oxygen atoms in total. The highest BCUT2D eigenvalue weighted by Gasteiger charge is 2.37. The highest BCUT2D eigenvalue weighted by Crippen LogP contribution is 2.40. The van der Waals surface area contributed by atoms with E-state index in [-0.39, 0.29) is 35.2 Å². The topological polar surface area (TPSA) is 63.3 Å². The van der Waals surface area contributed by atoms with E-state index in [4.69, 9.17) is 20.2 Å². The van der Waals surface area contributed by atoms with Gasteiger partial charge in [-0.1, -0.05) is 17.7 Å². The van der Waals surface area contributed by atoms with Crippen molar-refractivity contribution in [3.8, 4) is 5.75 Å². The SMILES string of the molecule is COc1ccc(C)cc1C1(CN=C(N)N2CCN(c3ccc(F)cc3)CC2)CCOCC1.I. The van der Waals surface area contributed by atoms with Gasteiger partial charge in [-0.15, -0.1) is 24.0 Å². The van der Waals surface area contributed by atoms with Crippen LogP contribution in [0.25, 0.3) is 0 Å². The lowest BCUT2D eigenvalue weighted by Gasteiger charge is -2.39. The van der Waals surface area contributed by atoms with Crippen LogP contribution in [0.15, 0.2) is 47.5 Å². The second kappa shape index (κ2) is 11.4. The molecule has 0 saturated carbocycles. The van der Waals surface area contributed by atoms with E-state index in [1.807, 2.05) is 18.2 Å². The van der Waals surface area contributed by atoms with Gasteiger partial charge in [0.25, 0.3) is 0 Å². The van der Waals surface area contributed by atoms with Crippen LogP contribution in [0.1, 0.15) is 24.0 Å². The minimum Gasteiger partial charge on any atom is -0.496 e. The number of methoxy groups -OCH3 is 1. The Kier molecular flexibility index (Phi) is 8.81. The maximum absolute atomic E-state index is 13.2. The molecular formula is C25H34FIN4O2. The molecule has 0 bridgehead atoms. The summed E-state index contributed by atoms with van der Waals surface area (Å²) in [6.45, 7) is 7.37. The van der Waals surface area contributed by atoms with Crippen molar-refractivity contribution in [2.24, 2.45) is 10.7 Å². The summed E-state index contributed by atoms with van der Waals surface area (Å²) in [6, 6.07) is 13.0. The number of nitrogens with zero attached hydrogens (tertiary/aromatic N) is 3. The van der Waals surface area contributed by atoms with Crippen LogP contribution in [-0.4, -0.2) is 63.9 Å². The van der Waals surface area contributed by atoms with Crippen molar-refractivity contribution in [3.05, 3.63) is 59.4 Å². The second-order valence-corrected chi connectivity index (χ2v) is 8.72. The number of benzene rings is 2. The number of halogens is 2. The third-order valence-corrected chi connectivity index (χ3v) is 6.72. The van der Waals surface area contributed by atoms with Crippen molar-refractivity contribution in [2.45, 2.75) is 25.2 Å². The molecule has 2 aromatic rings. The first-order valence-corrected chi connectivity index (χ1v) is 11.3. The molecule has 2 aliphatic rings. The third kappa shape index (κ3) is 5.90. The maximum atomic E-state index is 13.2. The van der Waals surface area contributed by atoms with Crippen LogP contribution in [0.5, 0.6) is 5.75 Å². The van der Waals surface area contributed by atoms with Crippen LogP contribution in [0, 0.1) is 12.7 Å². The lowest BCUT2D eigenvalue weighted by molar-refractivity contribution is 0.0522. The summed E-state index contributed by atoms with van der Waals surface area (Å²) in [5, 5.41) is 0. The Morgan fingerprint density at radius 3 is 2.39 bits per heavy atom. The number of piperazine rings is 1. The molecule has 0 aliphatic carbocycles. The van der Waals surface area contributed by atoms with Gasteiger partial charge < -0.3 is 25.0 Å². The number of hydrogen-bond acceptors (Lipinski definition) is 4. The van der Waals surface area contributed by atoms with E-state index >= 15 is 0 Å². The van der Waals surface area contributed by atoms with Gasteiger partial charge in [-0.3, -0.25) is 4.99 Å². The molecule has 2 aliphatic heterocycles. The van der Waals surface area contributed by atoms with Crippen LogP contribution in [0.2, 0.25) is 0 Å². The number of ether oxygens (including phenoxy) is 2. The normalized spacial score (nSPS) is 18.6. The van der Waals surface area contributed by atoms with Gasteiger partial charge in [0, 0.05) is 56.1 Å². The van der Waals surface area contributed by atoms with Gasteiger partial charge in [0.15, 0.2) is 5.96 Å². The monoisotopic (exact) mass is 568 g/mol. The number of nitrogens with two attached hydrogens (primary N) is 1. The second-order valence-electron chi connectivity index (χ2n) is 8.72. The van der Waals surface area contributed by atoms with Crippen LogP contribution < -0.4 is 15.4 Å². The molecule has 33 heavy (non-hydrogen) atoms. The minimum atomic E-state index is -0.212. The van der Waals surface area contributed by atoms with Crippen LogP contribution in [0.4, 0.5) is 10.1 Å². The van der Waals surface area contributed by atoms with Gasteiger partial charge in [0.05, 0.1) is 13.7 Å². The Morgan fingerprint density at radius 1 is 1.09 bits per heavy atom. The number of hydrogen-bond donors (Lipinski definition) is 1. The van der Waals surface area contributed by atoms with E-state index in [2.05, 4.69) is 28.9 Å². The molecule has 2 N–H and O–H groups in total. The molecule has 4 rings (SSSR count). The summed E-state index contributed by atoms with van der Waals surface area (Å²) in [5.41, 5.74) is 9.75. The van der Waals surface area contributed by atoms with Crippen LogP contribution in [-0.2, 0) is 10.2 Å². The standard InChI is InChI=1S/C25H33FN4O2.HI/c1-19-3-8-23(31-2)22(17-19)25(9-15-32-16-10-25)18-28-24(27)30-13-11-29(12-14-30)21-6-4-20(26)5-7-21;/h3-8,17H,9-16,18H2,1-2H3,(H2,27,28);1H. The molecule has 8 heteroatoms. The van der Waals surface area contributed by atoms with E-state index < -0.39 is 0 Å². The average Bonchev–Trinajstić information content (AvgIpc) is 2.84. The van der Waals surface area contributed by atoms with E-state index in [0.717, 1.165) is 50.5 Å². The summed E-state index contributed by atoms with van der Waals surface area (Å²) in [6.07, 6.45) is 1.78. The molecule has 0 aromatic heterocycles. The summed E-state index contributed by atoms with van der Waals surface area (Å²) in [4.78, 5) is 9.27. The first kappa shape index (κ1) is 25.6. The van der Waals surface area contributed by atoms with Crippen molar-refractivity contribution in [2.75, 3.05) is 57.9 Å². The molecule has 2 fully saturated rings. The summed E-state index contributed by atoms with van der Waals surface area (Å²) in [5.74, 6) is 1.27. The number of rotatable bonds is 5. The fourth-order valence-electron chi connectivity index (χ4n) is 4.69. The molecule has 0 atom stereocenters. The van der Waals surface area contributed by atoms with Crippen molar-refractivity contribution in [3.63, 3.8) is 0 Å². The molecule has 2 saturated heterocycles. The van der Waals surface area contributed by atoms with Crippen LogP contribution >= 0.6 is 24.0 Å². The Balaban J connectivity index is 0.00000306. The van der Waals surface area contributed by atoms with Gasteiger partial charge in [-0.05, 0) is 50.1 Å². The lowest BCUT2D eigenvalue weighted by atomic mass is 9.73. The molecule has 0 unspecified atom stereocenters. The zero-order chi connectivity index (χ0) is 22.6. The first-order chi connectivity index (χ1) is 15.5. The Hall–Kier alpha value is -2.07. The molecule has 0 radical (unpaired) electrons. The smallest absolute Gasteiger partial charge is 0.191 e. The summed E-state index contributed by atoms with van der Waals surface area (Å²) < 4.78 is 24.6. The Labute approximate surface area is 213 Å². The zero-order valence-corrected chi connectivity index (χ0v) is 21.8. The zero-order valence-electron chi connectivity index (χ0n) is 19.4. The lowest BCUT2D eigenvalue weighted by Crippen LogP contribution is -2.51. The first-order valence-electron chi connectivity index (χ1n) is 11.3. The van der Waals surface area contributed by atoms with Gasteiger partial charge in [-0.2, -0.15) is 0 Å². The molecule has 2 aromatic carbocycles. The summed E-state index contributed by atoms with van der Waals surface area (Å²) in [7, 11) is 1.72. The number of aliphatic imine (C=N–C) groups is 1. The fraction of sp³-hybridized carbons (Fsp3) is 0.480. The van der Waals surface area contributed by atoms with Crippen LogP contribution in [0.3, 0.4) is 0 Å². The Bertz CT molecular complexity index is 940.